The van der Waals surface area contributed by atoms with Crippen molar-refractivity contribution in [3.05, 3.63) is 106 Å². The first-order chi connectivity index (χ1) is 15.3. The van der Waals surface area contributed by atoms with E-state index in [9.17, 15) is 18.0 Å². The van der Waals surface area contributed by atoms with Crippen LogP contribution in [0.1, 0.15) is 40.8 Å². The number of alkyl halides is 3. The van der Waals surface area contributed by atoms with Crippen LogP contribution in [0.5, 0.6) is 0 Å². The van der Waals surface area contributed by atoms with E-state index in [-0.39, 0.29) is 11.9 Å². The van der Waals surface area contributed by atoms with E-state index < -0.39 is 17.8 Å². The van der Waals surface area contributed by atoms with Crippen molar-refractivity contribution >= 4 is 17.5 Å². The second-order valence-corrected chi connectivity index (χ2v) is 7.84. The van der Waals surface area contributed by atoms with Crippen molar-refractivity contribution in [2.75, 3.05) is 7.05 Å². The molecule has 0 aliphatic carbocycles. The van der Waals surface area contributed by atoms with E-state index in [1.54, 1.807) is 13.1 Å². The number of amides is 1. The second kappa shape index (κ2) is 10.7. The van der Waals surface area contributed by atoms with Gasteiger partial charge in [0.1, 0.15) is 6.04 Å². The Morgan fingerprint density at radius 1 is 0.938 bits per heavy atom. The Morgan fingerprint density at radius 3 is 2.16 bits per heavy atom. The van der Waals surface area contributed by atoms with E-state index >= 15 is 0 Å². The van der Waals surface area contributed by atoms with Crippen LogP contribution in [0.15, 0.2) is 78.9 Å². The second-order valence-electron chi connectivity index (χ2n) is 7.43. The predicted octanol–water partition coefficient (Wildman–Crippen LogP) is 6.11. The number of aryl methyl sites for hydroxylation is 1. The summed E-state index contributed by atoms with van der Waals surface area (Å²) in [6, 6.07) is 20.9. The third kappa shape index (κ3) is 6.11. The molecular weight excluding hydrogens is 437 g/mol. The first-order valence-corrected chi connectivity index (χ1v) is 10.6. The highest BCUT2D eigenvalue weighted by atomic mass is 35.5. The fraction of sp³-hybridized carbons (Fsp3) is 0.240. The van der Waals surface area contributed by atoms with Crippen LogP contribution in [0.3, 0.4) is 0 Å². The SMILES string of the molecule is CNC(=O)C(N[C@@H](CCc1ccc(C(F)(F)F)cc1)c1ccccc1Cl)c1ccccc1. The minimum Gasteiger partial charge on any atom is -0.358 e. The molecule has 7 heteroatoms. The number of rotatable bonds is 8. The smallest absolute Gasteiger partial charge is 0.358 e. The van der Waals surface area contributed by atoms with Crippen molar-refractivity contribution < 1.29 is 18.0 Å². The minimum atomic E-state index is -4.36. The molecule has 0 aromatic heterocycles. The third-order valence-electron chi connectivity index (χ3n) is 5.29. The molecule has 3 rings (SSSR count). The Labute approximate surface area is 190 Å². The van der Waals surface area contributed by atoms with Crippen LogP contribution in [0.4, 0.5) is 13.2 Å². The summed E-state index contributed by atoms with van der Waals surface area (Å²) in [6.07, 6.45) is -3.32. The Hall–Kier alpha value is -2.83. The average Bonchev–Trinajstić information content (AvgIpc) is 2.79. The number of carbonyl (C=O) groups is 1. The Bertz CT molecular complexity index is 1020. The van der Waals surface area contributed by atoms with Gasteiger partial charge in [0.05, 0.1) is 5.56 Å². The van der Waals surface area contributed by atoms with E-state index in [2.05, 4.69) is 10.6 Å². The lowest BCUT2D eigenvalue weighted by Gasteiger charge is -2.26. The summed E-state index contributed by atoms with van der Waals surface area (Å²) in [5.74, 6) is -0.192. The third-order valence-corrected chi connectivity index (χ3v) is 5.64. The lowest BCUT2D eigenvalue weighted by atomic mass is 9.96. The summed E-state index contributed by atoms with van der Waals surface area (Å²) in [6.45, 7) is 0. The molecule has 3 aromatic rings. The maximum atomic E-state index is 12.9. The molecule has 0 heterocycles. The maximum Gasteiger partial charge on any atom is 0.416 e. The van der Waals surface area contributed by atoms with Gasteiger partial charge in [-0.1, -0.05) is 72.3 Å². The number of likely N-dealkylation sites (N-methyl/N-ethyl adjacent to an activating group) is 1. The van der Waals surface area contributed by atoms with Crippen molar-refractivity contribution in [1.82, 2.24) is 10.6 Å². The molecule has 3 aromatic carbocycles. The highest BCUT2D eigenvalue weighted by Gasteiger charge is 2.30. The Balaban J connectivity index is 1.85. The number of benzene rings is 3. The predicted molar refractivity (Wildman–Crippen MR) is 120 cm³/mol. The lowest BCUT2D eigenvalue weighted by Crippen LogP contribution is -2.38. The molecule has 32 heavy (non-hydrogen) atoms. The van der Waals surface area contributed by atoms with Gasteiger partial charge in [-0.25, -0.2) is 0 Å². The van der Waals surface area contributed by atoms with Gasteiger partial charge in [-0.05, 0) is 47.7 Å². The first-order valence-electron chi connectivity index (χ1n) is 10.2. The van der Waals surface area contributed by atoms with Gasteiger partial charge >= 0.3 is 6.18 Å². The standard InChI is InChI=1S/C25H24ClF3N2O/c1-30-24(32)23(18-7-3-2-4-8-18)31-22(20-9-5-6-10-21(20)26)16-13-17-11-14-19(15-12-17)25(27,28)29/h2-12,14-15,22-23,31H,13,16H2,1H3,(H,30,32)/t22-,23?/m0/s1. The molecule has 0 aliphatic rings. The van der Waals surface area contributed by atoms with Crippen LogP contribution in [-0.4, -0.2) is 13.0 Å². The monoisotopic (exact) mass is 460 g/mol. The number of halogens is 4. The van der Waals surface area contributed by atoms with Crippen LogP contribution in [0, 0.1) is 0 Å². The summed E-state index contributed by atoms with van der Waals surface area (Å²) >= 11 is 6.45. The Morgan fingerprint density at radius 2 is 1.56 bits per heavy atom. The van der Waals surface area contributed by atoms with E-state index in [0.29, 0.717) is 17.9 Å². The largest absolute Gasteiger partial charge is 0.416 e. The van der Waals surface area contributed by atoms with E-state index in [1.165, 1.54) is 12.1 Å². The number of hydrogen-bond acceptors (Lipinski definition) is 2. The minimum absolute atomic E-state index is 0.192. The summed E-state index contributed by atoms with van der Waals surface area (Å²) < 4.78 is 38.6. The summed E-state index contributed by atoms with van der Waals surface area (Å²) in [4.78, 5) is 12.7. The fourth-order valence-electron chi connectivity index (χ4n) is 3.57. The molecule has 0 fully saturated rings. The van der Waals surface area contributed by atoms with Gasteiger partial charge < -0.3 is 5.32 Å². The highest BCUT2D eigenvalue weighted by Crippen LogP contribution is 2.31. The van der Waals surface area contributed by atoms with Gasteiger partial charge in [-0.3, -0.25) is 10.1 Å². The topological polar surface area (TPSA) is 41.1 Å². The van der Waals surface area contributed by atoms with Gasteiger partial charge in [0.15, 0.2) is 0 Å². The molecule has 2 atom stereocenters. The number of hydrogen-bond donors (Lipinski definition) is 2. The first kappa shape index (κ1) is 23.8. The molecule has 0 aliphatic heterocycles. The molecule has 168 valence electrons. The van der Waals surface area contributed by atoms with Crippen molar-refractivity contribution in [3.8, 4) is 0 Å². The zero-order valence-electron chi connectivity index (χ0n) is 17.5. The van der Waals surface area contributed by atoms with Crippen LogP contribution in [-0.2, 0) is 17.4 Å². The van der Waals surface area contributed by atoms with E-state index in [0.717, 1.165) is 28.8 Å². The molecule has 0 bridgehead atoms. The van der Waals surface area contributed by atoms with Crippen LogP contribution >= 0.6 is 11.6 Å². The molecule has 0 radical (unpaired) electrons. The summed E-state index contributed by atoms with van der Waals surface area (Å²) in [5.41, 5.74) is 1.73. The van der Waals surface area contributed by atoms with Crippen molar-refractivity contribution in [2.45, 2.75) is 31.1 Å². The molecule has 2 N–H and O–H groups in total. The molecule has 1 amide bonds. The van der Waals surface area contributed by atoms with Crippen molar-refractivity contribution in [2.24, 2.45) is 0 Å². The van der Waals surface area contributed by atoms with E-state index in [4.69, 9.17) is 11.6 Å². The lowest BCUT2D eigenvalue weighted by molar-refractivity contribution is -0.137. The van der Waals surface area contributed by atoms with Gasteiger partial charge in [0.25, 0.3) is 0 Å². The molecule has 0 saturated heterocycles. The van der Waals surface area contributed by atoms with E-state index in [1.807, 2.05) is 48.5 Å². The van der Waals surface area contributed by atoms with Crippen LogP contribution < -0.4 is 10.6 Å². The quantitative estimate of drug-likeness (QED) is 0.426. The van der Waals surface area contributed by atoms with Gasteiger partial charge in [0.2, 0.25) is 5.91 Å². The summed E-state index contributed by atoms with van der Waals surface area (Å²) in [5, 5.41) is 6.65. The van der Waals surface area contributed by atoms with Gasteiger partial charge in [-0.2, -0.15) is 13.2 Å². The molecular formula is C25H24ClF3N2O. The molecule has 3 nitrogen and oxygen atoms in total. The number of nitrogens with one attached hydrogen (secondary N) is 2. The van der Waals surface area contributed by atoms with Crippen LogP contribution in [0.2, 0.25) is 5.02 Å². The average molecular weight is 461 g/mol. The van der Waals surface area contributed by atoms with Crippen molar-refractivity contribution in [3.63, 3.8) is 0 Å². The zero-order valence-corrected chi connectivity index (χ0v) is 18.3. The Kier molecular flexibility index (Phi) is 7.94. The number of carbonyl (C=O) groups excluding carboxylic acids is 1. The van der Waals surface area contributed by atoms with Crippen LogP contribution in [0.25, 0.3) is 0 Å². The molecule has 1 unspecified atom stereocenters. The van der Waals surface area contributed by atoms with Crippen molar-refractivity contribution in [1.29, 1.82) is 0 Å². The highest BCUT2D eigenvalue weighted by molar-refractivity contribution is 6.31. The zero-order chi connectivity index (χ0) is 23.1. The maximum absolute atomic E-state index is 12.9. The van der Waals surface area contributed by atoms with Gasteiger partial charge in [-0.15, -0.1) is 0 Å². The summed E-state index contributed by atoms with van der Waals surface area (Å²) in [7, 11) is 1.58. The molecule has 0 spiro atoms. The van der Waals surface area contributed by atoms with Gasteiger partial charge in [0, 0.05) is 18.1 Å². The molecule has 0 saturated carbocycles. The fourth-order valence-corrected chi connectivity index (χ4v) is 3.84. The normalized spacial score (nSPS) is 13.4.